The van der Waals surface area contributed by atoms with E-state index in [1.165, 1.54) is 6.07 Å². The Morgan fingerprint density at radius 2 is 2.22 bits per heavy atom. The molecule has 0 radical (unpaired) electrons. The topological polar surface area (TPSA) is 49.3 Å². The molecule has 1 amide bonds. The van der Waals surface area contributed by atoms with E-state index >= 15 is 0 Å². The van der Waals surface area contributed by atoms with Gasteiger partial charge in [-0.25, -0.2) is 4.39 Å². The van der Waals surface area contributed by atoms with Crippen molar-refractivity contribution >= 4 is 17.7 Å². The van der Waals surface area contributed by atoms with Crippen molar-refractivity contribution in [2.24, 2.45) is 0 Å². The van der Waals surface area contributed by atoms with Crippen molar-refractivity contribution in [2.45, 2.75) is 13.3 Å². The van der Waals surface area contributed by atoms with Crippen LogP contribution in [-0.4, -0.2) is 35.7 Å². The summed E-state index contributed by atoms with van der Waals surface area (Å²) in [5.41, 5.74) is 0.565. The molecule has 1 aromatic carbocycles. The molecule has 0 fully saturated rings. The first-order valence-corrected chi connectivity index (χ1v) is 7.04. The molecule has 0 saturated carbocycles. The smallest absolute Gasteiger partial charge is 0.254 e. The summed E-state index contributed by atoms with van der Waals surface area (Å²) in [4.78, 5) is 11.7. The third kappa shape index (κ3) is 4.66. The summed E-state index contributed by atoms with van der Waals surface area (Å²) in [6.07, 6.45) is 0.755. The van der Waals surface area contributed by atoms with E-state index in [0.29, 0.717) is 12.1 Å². The van der Waals surface area contributed by atoms with Crippen LogP contribution in [0.25, 0.3) is 0 Å². The summed E-state index contributed by atoms with van der Waals surface area (Å²) in [6.45, 7) is 2.33. The third-order valence-electron chi connectivity index (χ3n) is 2.42. The molecule has 100 valence electrons. The van der Waals surface area contributed by atoms with E-state index in [1.54, 1.807) is 30.8 Å². The predicted octanol–water partition coefficient (Wildman–Crippen LogP) is 1.98. The maximum atomic E-state index is 13.6. The number of halogens is 1. The van der Waals surface area contributed by atoms with E-state index in [0.717, 1.165) is 17.9 Å². The van der Waals surface area contributed by atoms with Crippen LogP contribution in [0, 0.1) is 12.7 Å². The number of aliphatic hydroxyl groups is 1. The Hall–Kier alpha value is -1.07. The molecule has 2 N–H and O–H groups in total. The lowest BCUT2D eigenvalue weighted by Crippen LogP contribution is -2.26. The number of thioether (sulfide) groups is 1. The zero-order valence-corrected chi connectivity index (χ0v) is 11.2. The number of aryl methyl sites for hydroxylation is 1. The fraction of sp³-hybridized carbons (Fsp3) is 0.462. The van der Waals surface area contributed by atoms with Crippen LogP contribution in [0.4, 0.5) is 4.39 Å². The van der Waals surface area contributed by atoms with E-state index in [4.69, 9.17) is 5.11 Å². The first-order valence-electron chi connectivity index (χ1n) is 5.88. The Morgan fingerprint density at radius 1 is 1.44 bits per heavy atom. The molecular weight excluding hydrogens is 253 g/mol. The molecule has 0 saturated heterocycles. The Morgan fingerprint density at radius 3 is 2.94 bits per heavy atom. The highest BCUT2D eigenvalue weighted by molar-refractivity contribution is 7.99. The normalized spacial score (nSPS) is 10.4. The highest BCUT2D eigenvalue weighted by Crippen LogP contribution is 2.11. The van der Waals surface area contributed by atoms with Gasteiger partial charge in [0.05, 0.1) is 5.56 Å². The van der Waals surface area contributed by atoms with Crippen LogP contribution in [0.3, 0.4) is 0 Å². The van der Waals surface area contributed by atoms with Gasteiger partial charge in [-0.2, -0.15) is 11.8 Å². The van der Waals surface area contributed by atoms with E-state index in [9.17, 15) is 9.18 Å². The Balaban J connectivity index is 2.35. The molecular formula is C13H18FNO2S. The molecule has 0 aliphatic heterocycles. The second-order valence-corrected chi connectivity index (χ2v) is 5.11. The molecule has 1 aromatic rings. The molecule has 0 aliphatic rings. The molecule has 0 bridgehead atoms. The second kappa shape index (κ2) is 8.11. The molecule has 0 unspecified atom stereocenters. The molecule has 3 nitrogen and oxygen atoms in total. The fourth-order valence-corrected chi connectivity index (χ4v) is 2.21. The van der Waals surface area contributed by atoms with E-state index < -0.39 is 5.82 Å². The number of carbonyl (C=O) groups excluding carboxylic acids is 1. The third-order valence-corrected chi connectivity index (χ3v) is 3.49. The molecule has 1 rings (SSSR count). The molecule has 18 heavy (non-hydrogen) atoms. The van der Waals surface area contributed by atoms with Gasteiger partial charge in [0.2, 0.25) is 0 Å². The van der Waals surface area contributed by atoms with Gasteiger partial charge < -0.3 is 10.4 Å². The number of benzene rings is 1. The molecule has 0 atom stereocenters. The number of amides is 1. The quantitative estimate of drug-likeness (QED) is 0.746. The van der Waals surface area contributed by atoms with Gasteiger partial charge in [0, 0.05) is 18.9 Å². The monoisotopic (exact) mass is 271 g/mol. The van der Waals surface area contributed by atoms with Crippen molar-refractivity contribution in [3.05, 3.63) is 35.1 Å². The van der Waals surface area contributed by atoms with Gasteiger partial charge in [-0.1, -0.05) is 12.1 Å². The lowest BCUT2D eigenvalue weighted by Gasteiger charge is -2.07. The average Bonchev–Trinajstić information content (AvgIpc) is 2.36. The van der Waals surface area contributed by atoms with E-state index in [1.807, 2.05) is 0 Å². The number of nitrogens with one attached hydrogen (secondary N) is 1. The minimum Gasteiger partial charge on any atom is -0.396 e. The van der Waals surface area contributed by atoms with Crippen molar-refractivity contribution < 1.29 is 14.3 Å². The zero-order chi connectivity index (χ0) is 13.4. The fourth-order valence-electron chi connectivity index (χ4n) is 1.42. The molecule has 0 aromatic heterocycles. The van der Waals surface area contributed by atoms with Gasteiger partial charge >= 0.3 is 0 Å². The van der Waals surface area contributed by atoms with Gasteiger partial charge in [0.1, 0.15) is 5.82 Å². The number of carbonyl (C=O) groups is 1. The number of rotatable bonds is 7. The van der Waals surface area contributed by atoms with Crippen LogP contribution in [0.2, 0.25) is 0 Å². The van der Waals surface area contributed by atoms with Gasteiger partial charge in [-0.3, -0.25) is 4.79 Å². The maximum absolute atomic E-state index is 13.6. The van der Waals surface area contributed by atoms with Crippen molar-refractivity contribution in [1.29, 1.82) is 0 Å². The average molecular weight is 271 g/mol. The number of hydrogen-bond donors (Lipinski definition) is 2. The maximum Gasteiger partial charge on any atom is 0.254 e. The van der Waals surface area contributed by atoms with Crippen molar-refractivity contribution in [2.75, 3.05) is 24.7 Å². The minimum atomic E-state index is -0.456. The van der Waals surface area contributed by atoms with E-state index in [2.05, 4.69) is 5.32 Å². The van der Waals surface area contributed by atoms with Crippen LogP contribution in [-0.2, 0) is 0 Å². The first-order chi connectivity index (χ1) is 8.66. The number of aliphatic hydroxyl groups excluding tert-OH is 1. The largest absolute Gasteiger partial charge is 0.396 e. The van der Waals surface area contributed by atoms with Crippen molar-refractivity contribution in [3.8, 4) is 0 Å². The summed E-state index contributed by atoms with van der Waals surface area (Å²) in [6, 6.07) is 4.79. The summed E-state index contributed by atoms with van der Waals surface area (Å²) in [7, 11) is 0. The van der Waals surface area contributed by atoms with Crippen LogP contribution in [0.1, 0.15) is 22.3 Å². The highest BCUT2D eigenvalue weighted by Gasteiger charge is 2.11. The van der Waals surface area contributed by atoms with Crippen LogP contribution in [0.15, 0.2) is 18.2 Å². The Bertz CT molecular complexity index is 399. The lowest BCUT2D eigenvalue weighted by atomic mass is 10.1. The predicted molar refractivity (Wildman–Crippen MR) is 72.5 cm³/mol. The van der Waals surface area contributed by atoms with Gasteiger partial charge in [0.25, 0.3) is 5.91 Å². The van der Waals surface area contributed by atoms with Crippen LogP contribution >= 0.6 is 11.8 Å². The standard InChI is InChI=1S/C13H18FNO2S/c1-10-4-2-5-11(12(10)14)13(17)15-6-9-18-8-3-7-16/h2,4-5,16H,3,6-9H2,1H3,(H,15,17). The summed E-state index contributed by atoms with van der Waals surface area (Å²) in [5, 5.41) is 11.3. The first kappa shape index (κ1) is 15.0. The SMILES string of the molecule is Cc1cccc(C(=O)NCCSCCCO)c1F. The van der Waals surface area contributed by atoms with Crippen LogP contribution in [0.5, 0.6) is 0 Å². The Labute approximate surface area is 111 Å². The second-order valence-electron chi connectivity index (χ2n) is 3.88. The summed E-state index contributed by atoms with van der Waals surface area (Å²) >= 11 is 1.65. The molecule has 0 aliphatic carbocycles. The number of hydrogen-bond acceptors (Lipinski definition) is 3. The van der Waals surface area contributed by atoms with Crippen LogP contribution < -0.4 is 5.32 Å². The van der Waals surface area contributed by atoms with Gasteiger partial charge in [-0.15, -0.1) is 0 Å². The van der Waals surface area contributed by atoms with Crippen molar-refractivity contribution in [1.82, 2.24) is 5.32 Å². The summed E-state index contributed by atoms with van der Waals surface area (Å²) < 4.78 is 13.6. The van der Waals surface area contributed by atoms with Gasteiger partial charge in [0.15, 0.2) is 0 Å². The Kier molecular flexibility index (Phi) is 6.75. The van der Waals surface area contributed by atoms with Gasteiger partial charge in [-0.05, 0) is 30.7 Å². The van der Waals surface area contributed by atoms with E-state index in [-0.39, 0.29) is 18.1 Å². The molecule has 0 heterocycles. The lowest BCUT2D eigenvalue weighted by molar-refractivity contribution is 0.0952. The molecule has 5 heteroatoms. The highest BCUT2D eigenvalue weighted by atomic mass is 32.2. The van der Waals surface area contributed by atoms with Crippen molar-refractivity contribution in [3.63, 3.8) is 0 Å². The summed E-state index contributed by atoms with van der Waals surface area (Å²) in [5.74, 6) is 0.798. The minimum absolute atomic E-state index is 0.0929. The molecule has 0 spiro atoms. The zero-order valence-electron chi connectivity index (χ0n) is 10.4.